The van der Waals surface area contributed by atoms with Gasteiger partial charge in [-0.15, -0.1) is 0 Å². The zero-order valence-corrected chi connectivity index (χ0v) is 14.0. The van der Waals surface area contributed by atoms with Crippen LogP contribution in [0, 0.1) is 5.41 Å². The number of fused-ring (bicyclic) bond motifs is 2. The predicted molar refractivity (Wildman–Crippen MR) is 88.0 cm³/mol. The Hall–Kier alpha value is -0.810. The summed E-state index contributed by atoms with van der Waals surface area (Å²) in [6, 6.07) is 0.389. The smallest absolute Gasteiger partial charge is 0.191 e. The van der Waals surface area contributed by atoms with Gasteiger partial charge in [0, 0.05) is 12.0 Å². The number of nitrogens with zero attached hydrogens (tertiary/aromatic N) is 1. The first kappa shape index (κ1) is 16.1. The first-order chi connectivity index (χ1) is 10.6. The molecule has 126 valence electrons. The zero-order chi connectivity index (χ0) is 15.6. The van der Waals surface area contributed by atoms with Crippen LogP contribution in [0.15, 0.2) is 4.99 Å². The first-order valence-electron chi connectivity index (χ1n) is 8.99. The third-order valence-corrected chi connectivity index (χ3v) is 5.65. The van der Waals surface area contributed by atoms with Gasteiger partial charge in [-0.3, -0.25) is 4.99 Å². The Morgan fingerprint density at radius 1 is 1.32 bits per heavy atom. The Bertz CT molecular complexity index is 415. The molecular weight excluding hydrogens is 278 g/mol. The van der Waals surface area contributed by atoms with Crippen molar-refractivity contribution in [2.24, 2.45) is 10.4 Å². The van der Waals surface area contributed by atoms with Crippen molar-refractivity contribution in [1.29, 1.82) is 0 Å². The van der Waals surface area contributed by atoms with Gasteiger partial charge in [-0.05, 0) is 39.0 Å². The monoisotopic (exact) mass is 309 g/mol. The molecular formula is C17H31N3O2. The maximum Gasteiger partial charge on any atom is 0.191 e. The van der Waals surface area contributed by atoms with E-state index in [1.165, 1.54) is 12.8 Å². The molecule has 5 heteroatoms. The molecule has 2 aliphatic heterocycles. The van der Waals surface area contributed by atoms with Gasteiger partial charge in [-0.25, -0.2) is 0 Å². The number of guanidine groups is 1. The summed E-state index contributed by atoms with van der Waals surface area (Å²) in [5.74, 6) is 0.877. The van der Waals surface area contributed by atoms with Crippen molar-refractivity contribution in [3.05, 3.63) is 0 Å². The van der Waals surface area contributed by atoms with Gasteiger partial charge in [0.15, 0.2) is 5.96 Å². The van der Waals surface area contributed by atoms with Gasteiger partial charge >= 0.3 is 0 Å². The quantitative estimate of drug-likeness (QED) is 0.547. The fourth-order valence-electron chi connectivity index (χ4n) is 4.11. The van der Waals surface area contributed by atoms with E-state index in [2.05, 4.69) is 24.5 Å². The lowest BCUT2D eigenvalue weighted by molar-refractivity contribution is 0.00714. The number of aliphatic hydroxyl groups is 1. The molecule has 1 aliphatic carbocycles. The van der Waals surface area contributed by atoms with Gasteiger partial charge < -0.3 is 20.5 Å². The van der Waals surface area contributed by atoms with E-state index in [1.54, 1.807) is 0 Å². The van der Waals surface area contributed by atoms with Gasteiger partial charge in [0.1, 0.15) is 0 Å². The third kappa shape index (κ3) is 3.40. The molecule has 3 N–H and O–H groups in total. The predicted octanol–water partition coefficient (Wildman–Crippen LogP) is 1.80. The molecule has 5 unspecified atom stereocenters. The fourth-order valence-corrected chi connectivity index (χ4v) is 4.11. The van der Waals surface area contributed by atoms with Gasteiger partial charge in [-0.2, -0.15) is 0 Å². The molecule has 2 saturated heterocycles. The highest BCUT2D eigenvalue weighted by Crippen LogP contribution is 2.36. The second-order valence-electron chi connectivity index (χ2n) is 7.47. The van der Waals surface area contributed by atoms with Crippen molar-refractivity contribution < 1.29 is 9.84 Å². The summed E-state index contributed by atoms with van der Waals surface area (Å²) in [6.07, 6.45) is 8.36. The number of hydrogen-bond donors (Lipinski definition) is 3. The van der Waals surface area contributed by atoms with E-state index in [-0.39, 0.29) is 11.5 Å². The minimum atomic E-state index is -0.223. The Morgan fingerprint density at radius 3 is 2.82 bits per heavy atom. The second-order valence-corrected chi connectivity index (χ2v) is 7.47. The van der Waals surface area contributed by atoms with Crippen molar-refractivity contribution in [3.63, 3.8) is 0 Å². The lowest BCUT2D eigenvalue weighted by Gasteiger charge is -2.37. The first-order valence-corrected chi connectivity index (χ1v) is 8.99. The second kappa shape index (κ2) is 6.75. The molecule has 2 heterocycles. The molecule has 3 fully saturated rings. The summed E-state index contributed by atoms with van der Waals surface area (Å²) < 4.78 is 5.91. The summed E-state index contributed by atoms with van der Waals surface area (Å²) in [5.41, 5.74) is -0.0776. The molecule has 0 spiro atoms. The molecule has 2 bridgehead atoms. The Labute approximate surface area is 133 Å². The minimum absolute atomic E-state index is 0.0776. The van der Waals surface area contributed by atoms with Crippen molar-refractivity contribution in [2.45, 2.75) is 83.1 Å². The Morgan fingerprint density at radius 2 is 2.18 bits per heavy atom. The number of rotatable bonds is 4. The molecule has 5 atom stereocenters. The van der Waals surface area contributed by atoms with Crippen LogP contribution in [0.1, 0.15) is 58.8 Å². The Balaban J connectivity index is 1.60. The lowest BCUT2D eigenvalue weighted by atomic mass is 9.73. The molecule has 3 aliphatic rings. The van der Waals surface area contributed by atoms with Gasteiger partial charge in [0.2, 0.25) is 0 Å². The van der Waals surface area contributed by atoms with Crippen molar-refractivity contribution in [2.75, 3.05) is 13.1 Å². The average molecular weight is 309 g/mol. The maximum absolute atomic E-state index is 10.3. The number of nitrogens with one attached hydrogen (secondary N) is 2. The van der Waals surface area contributed by atoms with E-state index in [0.29, 0.717) is 24.8 Å². The number of aliphatic imine (C=N–C) groups is 1. The summed E-state index contributed by atoms with van der Waals surface area (Å²) in [4.78, 5) is 4.79. The van der Waals surface area contributed by atoms with Crippen LogP contribution in [-0.2, 0) is 4.74 Å². The van der Waals surface area contributed by atoms with E-state index in [4.69, 9.17) is 9.73 Å². The van der Waals surface area contributed by atoms with Crippen LogP contribution in [0.4, 0.5) is 0 Å². The highest BCUT2D eigenvalue weighted by Gasteiger charge is 2.41. The summed E-state index contributed by atoms with van der Waals surface area (Å²) in [6.45, 7) is 5.80. The standard InChI is InChI=1S/C17H31N3O2/c1-3-18-16(20-13-10-12-7-8-14(13)22-12)19-11-17(2)9-5-4-6-15(17)21/h12-15,21H,3-11H2,1-2H3,(H2,18,19,20). The van der Waals surface area contributed by atoms with Crippen molar-refractivity contribution in [3.8, 4) is 0 Å². The molecule has 1 saturated carbocycles. The van der Waals surface area contributed by atoms with Crippen molar-refractivity contribution in [1.82, 2.24) is 10.6 Å². The number of aliphatic hydroxyl groups excluding tert-OH is 1. The van der Waals surface area contributed by atoms with Crippen LogP contribution in [0.3, 0.4) is 0 Å². The minimum Gasteiger partial charge on any atom is -0.392 e. The SMILES string of the molecule is CCNC(=NCC1(C)CCCCC1O)NC1CC2CCC1O2. The van der Waals surface area contributed by atoms with E-state index >= 15 is 0 Å². The van der Waals surface area contributed by atoms with E-state index in [9.17, 15) is 5.11 Å². The normalized spacial score (nSPS) is 41.7. The van der Waals surface area contributed by atoms with E-state index in [0.717, 1.165) is 44.6 Å². The molecule has 0 radical (unpaired) electrons. The maximum atomic E-state index is 10.3. The molecule has 22 heavy (non-hydrogen) atoms. The van der Waals surface area contributed by atoms with Crippen LogP contribution in [0.25, 0.3) is 0 Å². The number of hydrogen-bond acceptors (Lipinski definition) is 3. The van der Waals surface area contributed by atoms with Gasteiger partial charge in [-0.1, -0.05) is 19.8 Å². The zero-order valence-electron chi connectivity index (χ0n) is 14.0. The molecule has 0 aromatic carbocycles. The van der Waals surface area contributed by atoms with E-state index < -0.39 is 0 Å². The summed E-state index contributed by atoms with van der Waals surface area (Å²) in [5, 5.41) is 17.2. The van der Waals surface area contributed by atoms with Crippen LogP contribution in [-0.4, -0.2) is 48.5 Å². The number of ether oxygens (including phenoxy) is 1. The van der Waals surface area contributed by atoms with Crippen LogP contribution in [0.2, 0.25) is 0 Å². The largest absolute Gasteiger partial charge is 0.392 e. The fraction of sp³-hybridized carbons (Fsp3) is 0.941. The molecule has 5 nitrogen and oxygen atoms in total. The van der Waals surface area contributed by atoms with Gasteiger partial charge in [0.25, 0.3) is 0 Å². The summed E-state index contributed by atoms with van der Waals surface area (Å²) >= 11 is 0. The van der Waals surface area contributed by atoms with Crippen LogP contribution < -0.4 is 10.6 Å². The van der Waals surface area contributed by atoms with Crippen LogP contribution >= 0.6 is 0 Å². The topological polar surface area (TPSA) is 65.9 Å². The molecule has 0 aromatic rings. The third-order valence-electron chi connectivity index (χ3n) is 5.65. The Kier molecular flexibility index (Phi) is 4.93. The molecule has 0 aromatic heterocycles. The van der Waals surface area contributed by atoms with E-state index in [1.807, 2.05) is 0 Å². The molecule has 3 rings (SSSR count). The molecule has 0 amide bonds. The highest BCUT2D eigenvalue weighted by molar-refractivity contribution is 5.80. The van der Waals surface area contributed by atoms with Crippen LogP contribution in [0.5, 0.6) is 0 Å². The van der Waals surface area contributed by atoms with Gasteiger partial charge in [0.05, 0.1) is 30.9 Å². The lowest BCUT2D eigenvalue weighted by Crippen LogP contribution is -2.48. The average Bonchev–Trinajstić information content (AvgIpc) is 3.11. The summed E-state index contributed by atoms with van der Waals surface area (Å²) in [7, 11) is 0. The highest BCUT2D eigenvalue weighted by atomic mass is 16.5. The van der Waals surface area contributed by atoms with Crippen molar-refractivity contribution >= 4 is 5.96 Å².